The van der Waals surface area contributed by atoms with Crippen LogP contribution in [-0.2, 0) is 6.54 Å². The van der Waals surface area contributed by atoms with Crippen molar-refractivity contribution in [3.05, 3.63) is 43.0 Å². The first-order valence-corrected chi connectivity index (χ1v) is 5.61. The van der Waals surface area contributed by atoms with Crippen LogP contribution in [0.4, 0.5) is 0 Å². The summed E-state index contributed by atoms with van der Waals surface area (Å²) in [6, 6.07) is 7.92. The first-order chi connectivity index (χ1) is 8.36. The number of hydrogen-bond acceptors (Lipinski definition) is 3. The van der Waals surface area contributed by atoms with Gasteiger partial charge >= 0.3 is 0 Å². The molecule has 0 saturated carbocycles. The molecule has 0 bridgehead atoms. The summed E-state index contributed by atoms with van der Waals surface area (Å²) in [7, 11) is 0. The summed E-state index contributed by atoms with van der Waals surface area (Å²) >= 11 is 0. The Bertz CT molecular complexity index is 657. The van der Waals surface area contributed by atoms with Gasteiger partial charge in [0.2, 0.25) is 0 Å². The Hall–Kier alpha value is -2.23. The molecule has 0 aliphatic rings. The van der Waals surface area contributed by atoms with E-state index in [9.17, 15) is 0 Å². The predicted octanol–water partition coefficient (Wildman–Crippen LogP) is 2.51. The number of imidazole rings is 1. The van der Waals surface area contributed by atoms with Crippen LogP contribution in [0.2, 0.25) is 0 Å². The van der Waals surface area contributed by atoms with Crippen molar-refractivity contribution < 1.29 is 0 Å². The van der Waals surface area contributed by atoms with Gasteiger partial charge in [0.1, 0.15) is 5.69 Å². The van der Waals surface area contributed by atoms with Crippen molar-refractivity contribution in [2.75, 3.05) is 0 Å². The molecular weight excluding hydrogens is 212 g/mol. The maximum absolute atomic E-state index is 4.51. The van der Waals surface area contributed by atoms with Crippen molar-refractivity contribution in [2.45, 2.75) is 13.5 Å². The number of aryl methyl sites for hydroxylation is 1. The van der Waals surface area contributed by atoms with E-state index in [1.807, 2.05) is 41.4 Å². The van der Waals surface area contributed by atoms with Crippen LogP contribution in [0.25, 0.3) is 22.4 Å². The molecule has 0 unspecified atom stereocenters. The lowest BCUT2D eigenvalue weighted by molar-refractivity contribution is 0.762. The van der Waals surface area contributed by atoms with Crippen molar-refractivity contribution in [3.63, 3.8) is 0 Å². The highest BCUT2D eigenvalue weighted by atomic mass is 15.0. The van der Waals surface area contributed by atoms with Crippen LogP contribution in [0.3, 0.4) is 0 Å². The summed E-state index contributed by atoms with van der Waals surface area (Å²) in [4.78, 5) is 13.1. The molecule has 84 valence electrons. The minimum absolute atomic E-state index is 0.760. The van der Waals surface area contributed by atoms with Crippen LogP contribution in [-0.4, -0.2) is 19.5 Å². The topological polar surface area (TPSA) is 43.6 Å². The van der Waals surface area contributed by atoms with Crippen molar-refractivity contribution in [1.29, 1.82) is 0 Å². The lowest BCUT2D eigenvalue weighted by atomic mass is 10.2. The highest BCUT2D eigenvalue weighted by Crippen LogP contribution is 2.17. The standard InChI is InChI=1S/C13H12N4/c1-2-17-8-12(15-9-17)11-6-5-10-4-3-7-14-13(10)16-11/h3-9H,2H2,1H3. The molecule has 0 saturated heterocycles. The normalized spacial score (nSPS) is 10.9. The summed E-state index contributed by atoms with van der Waals surface area (Å²) < 4.78 is 2.03. The highest BCUT2D eigenvalue weighted by molar-refractivity contribution is 5.77. The molecule has 0 fully saturated rings. The summed E-state index contributed by atoms with van der Waals surface area (Å²) in [6.07, 6.45) is 5.57. The second-order valence-corrected chi connectivity index (χ2v) is 3.84. The Labute approximate surface area is 99.0 Å². The molecule has 4 nitrogen and oxygen atoms in total. The molecule has 3 heterocycles. The predicted molar refractivity (Wildman–Crippen MR) is 66.4 cm³/mol. The number of hydrogen-bond donors (Lipinski definition) is 0. The van der Waals surface area contributed by atoms with Gasteiger partial charge in [0, 0.05) is 24.3 Å². The molecule has 0 amide bonds. The molecule has 0 aliphatic carbocycles. The molecule has 0 N–H and O–H groups in total. The Morgan fingerprint density at radius 2 is 2.06 bits per heavy atom. The van der Waals surface area contributed by atoms with E-state index in [1.165, 1.54) is 0 Å². The molecule has 3 aromatic heterocycles. The van der Waals surface area contributed by atoms with Crippen molar-refractivity contribution in [2.24, 2.45) is 0 Å². The fourth-order valence-electron chi connectivity index (χ4n) is 1.76. The molecular formula is C13H12N4. The Morgan fingerprint density at radius 1 is 1.12 bits per heavy atom. The Balaban J connectivity index is 2.11. The third-order valence-corrected chi connectivity index (χ3v) is 2.72. The number of aromatic nitrogens is 4. The first-order valence-electron chi connectivity index (χ1n) is 5.61. The third-order valence-electron chi connectivity index (χ3n) is 2.72. The van der Waals surface area contributed by atoms with Gasteiger partial charge in [-0.05, 0) is 31.2 Å². The van der Waals surface area contributed by atoms with Crippen LogP contribution < -0.4 is 0 Å². The summed E-state index contributed by atoms with van der Waals surface area (Å²) in [5.74, 6) is 0. The van der Waals surface area contributed by atoms with Crippen LogP contribution in [0.15, 0.2) is 43.0 Å². The lowest BCUT2D eigenvalue weighted by Gasteiger charge is -1.99. The van der Waals surface area contributed by atoms with Gasteiger partial charge in [-0.15, -0.1) is 0 Å². The molecule has 3 aromatic rings. The maximum Gasteiger partial charge on any atom is 0.159 e. The summed E-state index contributed by atoms with van der Waals surface area (Å²) in [5.41, 5.74) is 2.51. The van der Waals surface area contributed by atoms with Crippen LogP contribution in [0, 0.1) is 0 Å². The van der Waals surface area contributed by atoms with Gasteiger partial charge in [-0.25, -0.2) is 15.0 Å². The van der Waals surface area contributed by atoms with Crippen LogP contribution >= 0.6 is 0 Å². The van der Waals surface area contributed by atoms with E-state index in [2.05, 4.69) is 21.9 Å². The number of nitrogens with zero attached hydrogens (tertiary/aromatic N) is 4. The van der Waals surface area contributed by atoms with E-state index in [0.717, 1.165) is 29.0 Å². The van der Waals surface area contributed by atoms with Crippen molar-refractivity contribution in [1.82, 2.24) is 19.5 Å². The zero-order valence-electron chi connectivity index (χ0n) is 9.54. The fraction of sp³-hybridized carbons (Fsp3) is 0.154. The average Bonchev–Trinajstić information content (AvgIpc) is 2.87. The average molecular weight is 224 g/mol. The number of rotatable bonds is 2. The zero-order valence-corrected chi connectivity index (χ0v) is 9.54. The minimum atomic E-state index is 0.760. The van der Waals surface area contributed by atoms with E-state index in [1.54, 1.807) is 6.20 Å². The van der Waals surface area contributed by atoms with E-state index in [4.69, 9.17) is 0 Å². The highest BCUT2D eigenvalue weighted by Gasteiger charge is 2.04. The molecule has 0 aromatic carbocycles. The quantitative estimate of drug-likeness (QED) is 0.671. The van der Waals surface area contributed by atoms with Crippen molar-refractivity contribution in [3.8, 4) is 11.4 Å². The second-order valence-electron chi connectivity index (χ2n) is 3.84. The van der Waals surface area contributed by atoms with E-state index in [-0.39, 0.29) is 0 Å². The SMILES string of the molecule is CCn1cnc(-c2ccc3cccnc3n2)c1. The zero-order chi connectivity index (χ0) is 11.7. The fourth-order valence-corrected chi connectivity index (χ4v) is 1.76. The summed E-state index contributed by atoms with van der Waals surface area (Å²) in [6.45, 7) is 3.00. The van der Waals surface area contributed by atoms with Gasteiger partial charge < -0.3 is 4.57 Å². The van der Waals surface area contributed by atoms with Crippen LogP contribution in [0.5, 0.6) is 0 Å². The smallest absolute Gasteiger partial charge is 0.159 e. The lowest BCUT2D eigenvalue weighted by Crippen LogP contribution is -1.88. The van der Waals surface area contributed by atoms with E-state index in [0.29, 0.717) is 0 Å². The van der Waals surface area contributed by atoms with E-state index < -0.39 is 0 Å². The molecule has 0 radical (unpaired) electrons. The van der Waals surface area contributed by atoms with Gasteiger partial charge in [-0.2, -0.15) is 0 Å². The third kappa shape index (κ3) is 1.78. The summed E-state index contributed by atoms with van der Waals surface area (Å²) in [5, 5.41) is 1.05. The Kier molecular flexibility index (Phi) is 2.33. The first kappa shape index (κ1) is 9.96. The van der Waals surface area contributed by atoms with Gasteiger partial charge in [-0.1, -0.05) is 0 Å². The van der Waals surface area contributed by atoms with Gasteiger partial charge in [0.15, 0.2) is 5.65 Å². The van der Waals surface area contributed by atoms with E-state index >= 15 is 0 Å². The molecule has 0 atom stereocenters. The Morgan fingerprint density at radius 3 is 2.88 bits per heavy atom. The molecule has 17 heavy (non-hydrogen) atoms. The molecule has 3 rings (SSSR count). The molecule has 0 spiro atoms. The largest absolute Gasteiger partial charge is 0.337 e. The molecule has 0 aliphatic heterocycles. The van der Waals surface area contributed by atoms with Gasteiger partial charge in [0.25, 0.3) is 0 Å². The van der Waals surface area contributed by atoms with Gasteiger partial charge in [-0.3, -0.25) is 0 Å². The minimum Gasteiger partial charge on any atom is -0.337 e. The number of pyridine rings is 2. The number of fused-ring (bicyclic) bond motifs is 1. The second kappa shape index (κ2) is 3.97. The van der Waals surface area contributed by atoms with Crippen LogP contribution in [0.1, 0.15) is 6.92 Å². The van der Waals surface area contributed by atoms with Gasteiger partial charge in [0.05, 0.1) is 12.0 Å². The maximum atomic E-state index is 4.51. The monoisotopic (exact) mass is 224 g/mol. The molecule has 4 heteroatoms. The van der Waals surface area contributed by atoms with Crippen molar-refractivity contribution >= 4 is 11.0 Å².